The van der Waals surface area contributed by atoms with Crippen molar-refractivity contribution in [1.82, 2.24) is 15.1 Å². The van der Waals surface area contributed by atoms with Crippen LogP contribution in [0.1, 0.15) is 16.5 Å². The van der Waals surface area contributed by atoms with E-state index < -0.39 is 29.2 Å². The first-order chi connectivity index (χ1) is 13.4. The second-order valence-electron chi connectivity index (χ2n) is 5.72. The highest BCUT2D eigenvalue weighted by atomic mass is 32.1. The number of aromatic nitrogens is 2. The molecule has 0 spiro atoms. The third kappa shape index (κ3) is 4.58. The van der Waals surface area contributed by atoms with Crippen molar-refractivity contribution in [3.05, 3.63) is 70.7 Å². The van der Waals surface area contributed by atoms with E-state index in [1.165, 1.54) is 23.5 Å². The van der Waals surface area contributed by atoms with Crippen LogP contribution in [0.15, 0.2) is 60.2 Å². The van der Waals surface area contributed by atoms with Crippen LogP contribution in [-0.4, -0.2) is 28.1 Å². The van der Waals surface area contributed by atoms with Crippen LogP contribution in [0, 0.1) is 0 Å². The number of para-hydroxylation sites is 1. The summed E-state index contributed by atoms with van der Waals surface area (Å²) in [6.45, 7) is 0.0510. The number of hydrogen-bond acceptors (Lipinski definition) is 4. The van der Waals surface area contributed by atoms with Gasteiger partial charge in [-0.15, -0.1) is 11.3 Å². The average Bonchev–Trinajstić information content (AvgIpc) is 3.36. The lowest BCUT2D eigenvalue weighted by Crippen LogP contribution is -2.39. The van der Waals surface area contributed by atoms with Gasteiger partial charge in [-0.25, -0.2) is 0 Å². The monoisotopic (exact) mass is 408 g/mol. The minimum atomic E-state index is -4.65. The zero-order valence-electron chi connectivity index (χ0n) is 14.3. The van der Waals surface area contributed by atoms with Crippen LogP contribution in [0.5, 0.6) is 0 Å². The van der Waals surface area contributed by atoms with Crippen LogP contribution in [0.2, 0.25) is 0 Å². The molecule has 2 amide bonds. The van der Waals surface area contributed by atoms with E-state index in [4.69, 9.17) is 0 Å². The number of thiophene rings is 1. The Balaban J connectivity index is 1.67. The molecule has 6 nitrogen and oxygen atoms in total. The van der Waals surface area contributed by atoms with Gasteiger partial charge in [-0.2, -0.15) is 18.3 Å². The molecule has 0 fully saturated rings. The highest BCUT2D eigenvalue weighted by Crippen LogP contribution is 2.34. The van der Waals surface area contributed by atoms with Crippen LogP contribution in [-0.2, 0) is 15.8 Å². The van der Waals surface area contributed by atoms with Crippen LogP contribution in [0.3, 0.4) is 0 Å². The van der Waals surface area contributed by atoms with Crippen molar-refractivity contribution < 1.29 is 22.8 Å². The molecule has 2 N–H and O–H groups in total. The molecule has 3 aromatic rings. The third-order valence-electron chi connectivity index (χ3n) is 3.86. The summed E-state index contributed by atoms with van der Waals surface area (Å²) in [4.78, 5) is 25.1. The lowest BCUT2D eigenvalue weighted by Gasteiger charge is -2.17. The van der Waals surface area contributed by atoms with Crippen LogP contribution >= 0.6 is 11.3 Å². The fourth-order valence-corrected chi connectivity index (χ4v) is 3.38. The largest absolute Gasteiger partial charge is 0.418 e. The minimum absolute atomic E-state index is 0.0510. The van der Waals surface area contributed by atoms with Crippen molar-refractivity contribution in [2.24, 2.45) is 0 Å². The number of anilines is 1. The molecule has 0 aliphatic rings. The molecule has 0 saturated carbocycles. The van der Waals surface area contributed by atoms with E-state index in [-0.39, 0.29) is 12.6 Å². The molecule has 28 heavy (non-hydrogen) atoms. The second kappa shape index (κ2) is 8.26. The summed E-state index contributed by atoms with van der Waals surface area (Å²) >= 11 is 1.46. The van der Waals surface area contributed by atoms with Gasteiger partial charge in [0, 0.05) is 23.8 Å². The highest BCUT2D eigenvalue weighted by molar-refractivity contribution is 7.10. The molecule has 0 aliphatic carbocycles. The first kappa shape index (κ1) is 19.6. The average molecular weight is 408 g/mol. The van der Waals surface area contributed by atoms with Crippen molar-refractivity contribution in [2.75, 3.05) is 11.9 Å². The fraction of sp³-hybridized carbons (Fsp3) is 0.167. The molecule has 1 aromatic carbocycles. The Morgan fingerprint density at radius 2 is 1.89 bits per heavy atom. The second-order valence-corrected chi connectivity index (χ2v) is 6.70. The van der Waals surface area contributed by atoms with Crippen molar-refractivity contribution in [2.45, 2.75) is 12.2 Å². The number of hydrogen-bond donors (Lipinski definition) is 2. The number of nitrogens with one attached hydrogen (secondary N) is 2. The first-order valence-electron chi connectivity index (χ1n) is 8.14. The standard InChI is InChI=1S/C18H15F3N4O2S/c19-18(20,21)12-5-1-2-6-13(12)24-17(27)16(26)22-11-14(15-7-3-10-28-15)25-9-4-8-23-25/h1-10,14H,11H2,(H,22,26)(H,24,27)/t14-/m1/s1. The highest BCUT2D eigenvalue weighted by Gasteiger charge is 2.34. The smallest absolute Gasteiger partial charge is 0.345 e. The first-order valence-corrected chi connectivity index (χ1v) is 9.02. The summed E-state index contributed by atoms with van der Waals surface area (Å²) in [5, 5.41) is 10.5. The maximum absolute atomic E-state index is 13.0. The molecule has 3 rings (SSSR count). The zero-order chi connectivity index (χ0) is 20.1. The Kier molecular flexibility index (Phi) is 5.78. The van der Waals surface area contributed by atoms with E-state index >= 15 is 0 Å². The van der Waals surface area contributed by atoms with Gasteiger partial charge in [0.2, 0.25) is 0 Å². The summed E-state index contributed by atoms with van der Waals surface area (Å²) < 4.78 is 40.7. The van der Waals surface area contributed by atoms with Gasteiger partial charge in [0.25, 0.3) is 0 Å². The molecule has 2 aromatic heterocycles. The molecule has 1 atom stereocenters. The number of carbonyl (C=O) groups is 2. The minimum Gasteiger partial charge on any atom is -0.345 e. The van der Waals surface area contributed by atoms with Crippen LogP contribution in [0.25, 0.3) is 0 Å². The Bertz CT molecular complexity index is 906. The van der Waals surface area contributed by atoms with Crippen molar-refractivity contribution >= 4 is 28.8 Å². The molecule has 0 aliphatic heterocycles. The fourth-order valence-electron chi connectivity index (χ4n) is 2.56. The molecular weight excluding hydrogens is 393 g/mol. The number of carbonyl (C=O) groups excluding carboxylic acids is 2. The van der Waals surface area contributed by atoms with Crippen LogP contribution < -0.4 is 10.6 Å². The predicted octanol–water partition coefficient (Wildman–Crippen LogP) is 3.31. The maximum atomic E-state index is 13.0. The number of halogens is 3. The molecule has 0 radical (unpaired) electrons. The summed E-state index contributed by atoms with van der Waals surface area (Å²) in [6.07, 6.45) is -1.34. The van der Waals surface area contributed by atoms with Crippen molar-refractivity contribution in [1.29, 1.82) is 0 Å². The number of rotatable bonds is 5. The summed E-state index contributed by atoms with van der Waals surface area (Å²) in [5.74, 6) is -2.22. The predicted molar refractivity (Wildman–Crippen MR) is 97.8 cm³/mol. The normalized spacial score (nSPS) is 12.4. The van der Waals surface area contributed by atoms with Gasteiger partial charge in [0.05, 0.1) is 11.3 Å². The van der Waals surface area contributed by atoms with E-state index in [1.54, 1.807) is 23.1 Å². The maximum Gasteiger partial charge on any atom is 0.418 e. The molecule has 146 valence electrons. The molecule has 0 saturated heterocycles. The van der Waals surface area contributed by atoms with Gasteiger partial charge in [-0.05, 0) is 29.6 Å². The summed E-state index contributed by atoms with van der Waals surface area (Å²) in [5.41, 5.74) is -1.50. The lowest BCUT2D eigenvalue weighted by atomic mass is 10.1. The molecular formula is C18H15F3N4O2S. The topological polar surface area (TPSA) is 76.0 Å². The zero-order valence-corrected chi connectivity index (χ0v) is 15.1. The molecule has 10 heteroatoms. The molecule has 0 unspecified atom stereocenters. The van der Waals surface area contributed by atoms with E-state index in [9.17, 15) is 22.8 Å². The Morgan fingerprint density at radius 3 is 2.54 bits per heavy atom. The van der Waals surface area contributed by atoms with Gasteiger partial charge >= 0.3 is 18.0 Å². The van der Waals surface area contributed by atoms with Gasteiger partial charge in [-0.3, -0.25) is 14.3 Å². The van der Waals surface area contributed by atoms with Gasteiger partial charge in [-0.1, -0.05) is 18.2 Å². The third-order valence-corrected chi connectivity index (χ3v) is 4.83. The quantitative estimate of drug-likeness (QED) is 0.636. The Hall–Kier alpha value is -3.14. The Labute approximate surface area is 162 Å². The molecule has 0 bridgehead atoms. The van der Waals surface area contributed by atoms with Gasteiger partial charge < -0.3 is 10.6 Å². The Morgan fingerprint density at radius 1 is 1.11 bits per heavy atom. The number of benzene rings is 1. The summed E-state index contributed by atoms with van der Waals surface area (Å²) in [7, 11) is 0. The SMILES string of the molecule is O=C(NC[C@H](c1cccs1)n1cccn1)C(=O)Nc1ccccc1C(F)(F)F. The molecule has 2 heterocycles. The van der Waals surface area contributed by atoms with Crippen LogP contribution in [0.4, 0.5) is 18.9 Å². The van der Waals surface area contributed by atoms with Crippen molar-refractivity contribution in [3.63, 3.8) is 0 Å². The van der Waals surface area contributed by atoms with E-state index in [2.05, 4.69) is 10.4 Å². The van der Waals surface area contributed by atoms with Crippen molar-refractivity contribution in [3.8, 4) is 0 Å². The number of nitrogens with zero attached hydrogens (tertiary/aromatic N) is 2. The van der Waals surface area contributed by atoms with Gasteiger partial charge in [0.15, 0.2) is 0 Å². The van der Waals surface area contributed by atoms with E-state index in [0.717, 1.165) is 17.0 Å². The summed E-state index contributed by atoms with van der Waals surface area (Å²) in [6, 6.07) is 9.56. The van der Waals surface area contributed by atoms with Gasteiger partial charge in [0.1, 0.15) is 6.04 Å². The van der Waals surface area contributed by atoms with E-state index in [0.29, 0.717) is 0 Å². The number of alkyl halides is 3. The number of amides is 2. The lowest BCUT2D eigenvalue weighted by molar-refractivity contribution is -0.138. The van der Waals surface area contributed by atoms with E-state index in [1.807, 2.05) is 22.8 Å².